The molecule has 1 aromatic carbocycles. The molecule has 0 fully saturated rings. The van der Waals surface area contributed by atoms with Gasteiger partial charge < -0.3 is 4.90 Å². The van der Waals surface area contributed by atoms with Crippen LogP contribution in [0, 0.1) is 11.6 Å². The summed E-state index contributed by atoms with van der Waals surface area (Å²) in [6.07, 6.45) is 0.335. The Morgan fingerprint density at radius 1 is 1.40 bits per heavy atom. The molecule has 0 radical (unpaired) electrons. The van der Waals surface area contributed by atoms with E-state index in [1.807, 2.05) is 0 Å². The van der Waals surface area contributed by atoms with E-state index >= 15 is 0 Å². The standard InChI is InChI=1S/C10H8ClF2NO/c11-5-9(15)14-4-3-6-7(12)1-2-8(13)10(6)14/h1-2H,3-5H2. The van der Waals surface area contributed by atoms with Gasteiger partial charge in [-0.15, -0.1) is 11.6 Å². The Labute approximate surface area is 90.4 Å². The zero-order valence-electron chi connectivity index (χ0n) is 7.77. The Kier molecular flexibility index (Phi) is 2.61. The molecular weight excluding hydrogens is 224 g/mol. The molecule has 2 rings (SSSR count). The molecule has 1 aromatic rings. The van der Waals surface area contributed by atoms with Gasteiger partial charge in [0.1, 0.15) is 17.5 Å². The summed E-state index contributed by atoms with van der Waals surface area (Å²) in [4.78, 5) is 12.5. The summed E-state index contributed by atoms with van der Waals surface area (Å²) in [6, 6.07) is 2.09. The predicted molar refractivity (Wildman–Crippen MR) is 53.1 cm³/mol. The largest absolute Gasteiger partial charge is 0.308 e. The van der Waals surface area contributed by atoms with Gasteiger partial charge >= 0.3 is 0 Å². The molecule has 15 heavy (non-hydrogen) atoms. The van der Waals surface area contributed by atoms with E-state index in [1.54, 1.807) is 0 Å². The molecule has 2 nitrogen and oxygen atoms in total. The number of hydrogen-bond donors (Lipinski definition) is 0. The first-order chi connectivity index (χ1) is 7.15. The first-order valence-electron chi connectivity index (χ1n) is 4.48. The lowest BCUT2D eigenvalue weighted by molar-refractivity contribution is -0.116. The van der Waals surface area contributed by atoms with Gasteiger partial charge in [-0.25, -0.2) is 8.78 Å². The highest BCUT2D eigenvalue weighted by Crippen LogP contribution is 2.32. The molecule has 1 amide bonds. The highest BCUT2D eigenvalue weighted by molar-refractivity contribution is 6.29. The highest BCUT2D eigenvalue weighted by atomic mass is 35.5. The van der Waals surface area contributed by atoms with Crippen LogP contribution >= 0.6 is 11.6 Å². The van der Waals surface area contributed by atoms with E-state index in [9.17, 15) is 13.6 Å². The lowest BCUT2D eigenvalue weighted by atomic mass is 10.1. The van der Waals surface area contributed by atoms with Crippen molar-refractivity contribution >= 4 is 23.2 Å². The van der Waals surface area contributed by atoms with Gasteiger partial charge in [0.2, 0.25) is 5.91 Å². The molecule has 0 saturated heterocycles. The quantitative estimate of drug-likeness (QED) is 0.678. The molecule has 1 aliphatic heterocycles. The van der Waals surface area contributed by atoms with Crippen LogP contribution in [0.5, 0.6) is 0 Å². The number of benzene rings is 1. The van der Waals surface area contributed by atoms with Crippen LogP contribution in [-0.2, 0) is 11.2 Å². The minimum absolute atomic E-state index is 0.0423. The molecule has 0 aromatic heterocycles. The van der Waals surface area contributed by atoms with E-state index in [0.717, 1.165) is 12.1 Å². The van der Waals surface area contributed by atoms with Gasteiger partial charge in [-0.1, -0.05) is 0 Å². The maximum atomic E-state index is 13.4. The third-order valence-electron chi connectivity index (χ3n) is 2.45. The summed E-state index contributed by atoms with van der Waals surface area (Å²) >= 11 is 5.38. The van der Waals surface area contributed by atoms with Gasteiger partial charge in [0.05, 0.1) is 5.69 Å². The van der Waals surface area contributed by atoms with Gasteiger partial charge in [-0.05, 0) is 18.6 Å². The molecular formula is C10H8ClF2NO. The van der Waals surface area contributed by atoms with E-state index in [-0.39, 0.29) is 17.1 Å². The van der Waals surface area contributed by atoms with Crippen molar-refractivity contribution in [2.75, 3.05) is 17.3 Å². The minimum Gasteiger partial charge on any atom is -0.308 e. The van der Waals surface area contributed by atoms with Crippen molar-refractivity contribution in [3.05, 3.63) is 29.3 Å². The number of fused-ring (bicyclic) bond motifs is 1. The average molecular weight is 232 g/mol. The van der Waals surface area contributed by atoms with Crippen LogP contribution < -0.4 is 4.90 Å². The Bertz CT molecular complexity index is 422. The normalized spacial score (nSPS) is 14.2. The van der Waals surface area contributed by atoms with Gasteiger partial charge in [0.25, 0.3) is 0 Å². The number of halogens is 3. The second-order valence-electron chi connectivity index (χ2n) is 3.29. The van der Waals surface area contributed by atoms with Gasteiger partial charge in [-0.3, -0.25) is 4.79 Å². The van der Waals surface area contributed by atoms with Crippen LogP contribution in [0.3, 0.4) is 0 Å². The van der Waals surface area contributed by atoms with Crippen molar-refractivity contribution in [2.24, 2.45) is 0 Å². The third kappa shape index (κ3) is 1.59. The number of amides is 1. The number of anilines is 1. The summed E-state index contributed by atoms with van der Waals surface area (Å²) in [5.74, 6) is -1.69. The Morgan fingerprint density at radius 3 is 2.73 bits per heavy atom. The van der Waals surface area contributed by atoms with E-state index in [4.69, 9.17) is 11.6 Å². The van der Waals surface area contributed by atoms with E-state index in [0.29, 0.717) is 13.0 Å². The molecule has 1 heterocycles. The van der Waals surface area contributed by atoms with Crippen LogP contribution in [0.25, 0.3) is 0 Å². The van der Waals surface area contributed by atoms with Crippen molar-refractivity contribution in [3.8, 4) is 0 Å². The van der Waals surface area contributed by atoms with Crippen molar-refractivity contribution < 1.29 is 13.6 Å². The molecule has 0 unspecified atom stereocenters. The summed E-state index contributed by atoms with van der Waals surface area (Å²) in [5, 5.41) is 0. The maximum absolute atomic E-state index is 13.4. The van der Waals surface area contributed by atoms with Crippen LogP contribution in [0.15, 0.2) is 12.1 Å². The van der Waals surface area contributed by atoms with Gasteiger partial charge in [-0.2, -0.15) is 0 Å². The van der Waals surface area contributed by atoms with Crippen LogP contribution in [0.4, 0.5) is 14.5 Å². The van der Waals surface area contributed by atoms with E-state index < -0.39 is 17.5 Å². The number of carbonyl (C=O) groups is 1. The van der Waals surface area contributed by atoms with Crippen molar-refractivity contribution in [1.82, 2.24) is 0 Å². The molecule has 0 aliphatic carbocycles. The summed E-state index contributed by atoms with van der Waals surface area (Å²) < 4.78 is 26.7. The summed E-state index contributed by atoms with van der Waals surface area (Å²) in [6.45, 7) is 0.290. The van der Waals surface area contributed by atoms with E-state index in [2.05, 4.69) is 0 Å². The topological polar surface area (TPSA) is 20.3 Å². The van der Waals surface area contributed by atoms with Crippen molar-refractivity contribution in [3.63, 3.8) is 0 Å². The lowest BCUT2D eigenvalue weighted by Gasteiger charge is -2.16. The first-order valence-corrected chi connectivity index (χ1v) is 5.02. The Balaban J connectivity index is 2.50. The number of carbonyl (C=O) groups excluding carboxylic acids is 1. The maximum Gasteiger partial charge on any atom is 0.242 e. The smallest absolute Gasteiger partial charge is 0.242 e. The third-order valence-corrected chi connectivity index (χ3v) is 2.68. The second-order valence-corrected chi connectivity index (χ2v) is 3.55. The molecule has 0 spiro atoms. The van der Waals surface area contributed by atoms with Crippen molar-refractivity contribution in [1.29, 1.82) is 0 Å². The number of alkyl halides is 1. The fourth-order valence-corrected chi connectivity index (χ4v) is 1.91. The van der Waals surface area contributed by atoms with Crippen LogP contribution in [0.1, 0.15) is 5.56 Å². The average Bonchev–Trinajstić information content (AvgIpc) is 2.68. The zero-order chi connectivity index (χ0) is 11.0. The van der Waals surface area contributed by atoms with Crippen molar-refractivity contribution in [2.45, 2.75) is 6.42 Å². The lowest BCUT2D eigenvalue weighted by Crippen LogP contribution is -2.30. The van der Waals surface area contributed by atoms with Crippen LogP contribution in [0.2, 0.25) is 0 Å². The molecule has 80 valence electrons. The Hall–Kier alpha value is -1.16. The molecule has 0 atom stereocenters. The van der Waals surface area contributed by atoms with Gasteiger partial charge in [0, 0.05) is 12.1 Å². The highest BCUT2D eigenvalue weighted by Gasteiger charge is 2.29. The molecule has 0 saturated carbocycles. The zero-order valence-corrected chi connectivity index (χ0v) is 8.52. The van der Waals surface area contributed by atoms with Gasteiger partial charge in [0.15, 0.2) is 0 Å². The number of rotatable bonds is 1. The minimum atomic E-state index is -0.581. The summed E-state index contributed by atoms with van der Waals surface area (Å²) in [5.41, 5.74) is 0.300. The number of nitrogens with zero attached hydrogens (tertiary/aromatic N) is 1. The fourth-order valence-electron chi connectivity index (χ4n) is 1.77. The second kappa shape index (κ2) is 3.77. The van der Waals surface area contributed by atoms with E-state index in [1.165, 1.54) is 4.90 Å². The summed E-state index contributed by atoms with van der Waals surface area (Å²) in [7, 11) is 0. The van der Waals surface area contributed by atoms with Crippen LogP contribution in [-0.4, -0.2) is 18.3 Å². The molecule has 1 aliphatic rings. The molecule has 0 bridgehead atoms. The molecule has 0 N–H and O–H groups in total. The SMILES string of the molecule is O=C(CCl)N1CCc2c(F)ccc(F)c21. The Morgan fingerprint density at radius 2 is 2.07 bits per heavy atom. The predicted octanol–water partition coefficient (Wildman–Crippen LogP) is 2.09. The monoisotopic (exact) mass is 231 g/mol. The fraction of sp³-hybridized carbons (Fsp3) is 0.300. The molecule has 5 heteroatoms. The number of hydrogen-bond acceptors (Lipinski definition) is 1. The first kappa shape index (κ1) is 10.4.